The molecule has 0 aliphatic heterocycles. The normalized spacial score (nSPS) is 14.2. The van der Waals surface area contributed by atoms with Gasteiger partial charge in [0.2, 0.25) is 10.0 Å². The van der Waals surface area contributed by atoms with Gasteiger partial charge < -0.3 is 10.6 Å². The maximum absolute atomic E-state index is 12.2. The zero-order valence-corrected chi connectivity index (χ0v) is 13.6. The van der Waals surface area contributed by atoms with Gasteiger partial charge in [-0.3, -0.25) is 0 Å². The molecular weight excluding hydrogens is 278 g/mol. The highest BCUT2D eigenvalue weighted by Gasteiger charge is 2.24. The van der Waals surface area contributed by atoms with E-state index in [1.165, 1.54) is 6.20 Å². The summed E-state index contributed by atoms with van der Waals surface area (Å²) in [6.45, 7) is 6.99. The monoisotopic (exact) mass is 303 g/mol. The van der Waals surface area contributed by atoms with Crippen molar-refractivity contribution in [3.63, 3.8) is 0 Å². The minimum Gasteiger partial charge on any atom is -0.383 e. The predicted molar refractivity (Wildman–Crippen MR) is 79.9 cm³/mol. The van der Waals surface area contributed by atoms with Gasteiger partial charge in [0.15, 0.2) is 0 Å². The molecule has 1 atom stereocenters. The van der Waals surface area contributed by atoms with Crippen LogP contribution in [0.15, 0.2) is 11.1 Å². The third-order valence-corrected chi connectivity index (χ3v) is 4.77. The SMILES string of the molecule is CC(C)C(C)n1ncc(S(=O)(=O)NCCN(C)C)c1N. The molecule has 0 saturated carbocycles. The summed E-state index contributed by atoms with van der Waals surface area (Å²) in [5.41, 5.74) is 5.93. The number of nitrogens with zero attached hydrogens (tertiary/aromatic N) is 3. The van der Waals surface area contributed by atoms with E-state index in [0.29, 0.717) is 19.0 Å². The average Bonchev–Trinajstić information content (AvgIpc) is 2.69. The Balaban J connectivity index is 2.92. The second-order valence-corrected chi connectivity index (χ2v) is 7.26. The fraction of sp³-hybridized carbons (Fsp3) is 0.750. The van der Waals surface area contributed by atoms with E-state index in [1.54, 1.807) is 4.68 Å². The van der Waals surface area contributed by atoms with E-state index >= 15 is 0 Å². The van der Waals surface area contributed by atoms with Gasteiger partial charge in [0.25, 0.3) is 0 Å². The first-order chi connectivity index (χ1) is 9.16. The quantitative estimate of drug-likeness (QED) is 0.766. The van der Waals surface area contributed by atoms with Gasteiger partial charge in [0.05, 0.1) is 12.2 Å². The summed E-state index contributed by atoms with van der Waals surface area (Å²) < 4.78 is 28.4. The Morgan fingerprint density at radius 1 is 1.40 bits per heavy atom. The minimum absolute atomic E-state index is 0.0423. The summed E-state index contributed by atoms with van der Waals surface area (Å²) in [6.07, 6.45) is 1.31. The molecule has 1 rings (SSSR count). The van der Waals surface area contributed by atoms with Crippen LogP contribution >= 0.6 is 0 Å². The summed E-state index contributed by atoms with van der Waals surface area (Å²) in [5, 5.41) is 4.11. The molecule has 0 aliphatic rings. The van der Waals surface area contributed by atoms with E-state index in [1.807, 2.05) is 39.8 Å². The Bertz CT molecular complexity index is 536. The Hall–Kier alpha value is -1.12. The van der Waals surface area contributed by atoms with Crippen LogP contribution in [0, 0.1) is 5.92 Å². The standard InChI is InChI=1S/C12H25N5O2S/c1-9(2)10(3)17-12(13)11(8-14-17)20(18,19)15-6-7-16(4)5/h8-10,15H,6-7,13H2,1-5H3. The Morgan fingerprint density at radius 3 is 2.50 bits per heavy atom. The van der Waals surface area contributed by atoms with E-state index in [4.69, 9.17) is 5.73 Å². The van der Waals surface area contributed by atoms with Gasteiger partial charge in [0.1, 0.15) is 10.7 Å². The molecule has 0 aliphatic carbocycles. The predicted octanol–water partition coefficient (Wildman–Crippen LogP) is 0.522. The lowest BCUT2D eigenvalue weighted by Crippen LogP contribution is -2.31. The van der Waals surface area contributed by atoms with Crippen LogP contribution in [0.2, 0.25) is 0 Å². The maximum Gasteiger partial charge on any atom is 0.245 e. The Morgan fingerprint density at radius 2 is 2.00 bits per heavy atom. The van der Waals surface area contributed by atoms with Crippen molar-refractivity contribution in [2.45, 2.75) is 31.7 Å². The second kappa shape index (κ2) is 6.55. The van der Waals surface area contributed by atoms with Crippen molar-refractivity contribution in [3.8, 4) is 0 Å². The van der Waals surface area contributed by atoms with E-state index < -0.39 is 10.0 Å². The summed E-state index contributed by atoms with van der Waals surface area (Å²) >= 11 is 0. The molecule has 0 spiro atoms. The topological polar surface area (TPSA) is 93.2 Å². The number of sulfonamides is 1. The number of nitrogens with one attached hydrogen (secondary N) is 1. The Labute approximate surface area is 121 Å². The largest absolute Gasteiger partial charge is 0.383 e. The van der Waals surface area contributed by atoms with Crippen LogP contribution in [0.25, 0.3) is 0 Å². The van der Waals surface area contributed by atoms with Crippen LogP contribution in [0.1, 0.15) is 26.8 Å². The maximum atomic E-state index is 12.2. The summed E-state index contributed by atoms with van der Waals surface area (Å²) in [6, 6.07) is 0.0423. The van der Waals surface area contributed by atoms with Crippen LogP contribution in [0.5, 0.6) is 0 Å². The Kier molecular flexibility index (Phi) is 5.55. The molecule has 20 heavy (non-hydrogen) atoms. The lowest BCUT2D eigenvalue weighted by molar-refractivity contribution is 0.380. The van der Waals surface area contributed by atoms with E-state index in [-0.39, 0.29) is 16.8 Å². The molecular formula is C12H25N5O2S. The van der Waals surface area contributed by atoms with Gasteiger partial charge >= 0.3 is 0 Å². The van der Waals surface area contributed by atoms with Crippen molar-refractivity contribution in [2.75, 3.05) is 32.9 Å². The van der Waals surface area contributed by atoms with E-state index in [2.05, 4.69) is 9.82 Å². The first-order valence-electron chi connectivity index (χ1n) is 6.64. The van der Waals surface area contributed by atoms with Crippen LogP contribution < -0.4 is 10.5 Å². The van der Waals surface area contributed by atoms with Gasteiger partial charge in [0, 0.05) is 13.1 Å². The van der Waals surface area contributed by atoms with Crippen molar-refractivity contribution >= 4 is 15.8 Å². The molecule has 1 aromatic heterocycles. The van der Waals surface area contributed by atoms with Crippen LogP contribution in [-0.4, -0.2) is 50.3 Å². The van der Waals surface area contributed by atoms with Gasteiger partial charge in [-0.25, -0.2) is 17.8 Å². The molecule has 116 valence electrons. The molecule has 7 nitrogen and oxygen atoms in total. The highest BCUT2D eigenvalue weighted by molar-refractivity contribution is 7.89. The molecule has 8 heteroatoms. The molecule has 1 unspecified atom stereocenters. The number of hydrogen-bond donors (Lipinski definition) is 2. The first kappa shape index (κ1) is 16.9. The van der Waals surface area contributed by atoms with Crippen molar-refractivity contribution in [1.29, 1.82) is 0 Å². The van der Waals surface area contributed by atoms with E-state index in [9.17, 15) is 8.42 Å². The fourth-order valence-electron chi connectivity index (χ4n) is 1.65. The summed E-state index contributed by atoms with van der Waals surface area (Å²) in [7, 11) is 0.150. The number of nitrogen functional groups attached to an aromatic ring is 1. The highest BCUT2D eigenvalue weighted by Crippen LogP contribution is 2.24. The van der Waals surface area contributed by atoms with Crippen LogP contribution in [-0.2, 0) is 10.0 Å². The number of hydrogen-bond acceptors (Lipinski definition) is 5. The first-order valence-corrected chi connectivity index (χ1v) is 8.12. The molecule has 0 fully saturated rings. The molecule has 0 radical (unpaired) electrons. The molecule has 0 saturated heterocycles. The smallest absolute Gasteiger partial charge is 0.245 e. The molecule has 1 heterocycles. The molecule has 1 aromatic rings. The van der Waals surface area contributed by atoms with Crippen molar-refractivity contribution in [3.05, 3.63) is 6.20 Å². The van der Waals surface area contributed by atoms with E-state index in [0.717, 1.165) is 0 Å². The summed E-state index contributed by atoms with van der Waals surface area (Å²) in [4.78, 5) is 1.94. The van der Waals surface area contributed by atoms with Crippen LogP contribution in [0.4, 0.5) is 5.82 Å². The van der Waals surface area contributed by atoms with Crippen LogP contribution in [0.3, 0.4) is 0 Å². The van der Waals surface area contributed by atoms with Gasteiger partial charge in [-0.1, -0.05) is 13.8 Å². The third kappa shape index (κ3) is 3.94. The summed E-state index contributed by atoms with van der Waals surface area (Å²) in [5.74, 6) is 0.498. The van der Waals surface area contributed by atoms with Crippen molar-refractivity contribution in [1.82, 2.24) is 19.4 Å². The number of rotatable bonds is 7. The van der Waals surface area contributed by atoms with Gasteiger partial charge in [-0.15, -0.1) is 0 Å². The average molecular weight is 303 g/mol. The fourth-order valence-corrected chi connectivity index (χ4v) is 2.72. The van der Waals surface area contributed by atoms with Gasteiger partial charge in [-0.2, -0.15) is 5.10 Å². The lowest BCUT2D eigenvalue weighted by Gasteiger charge is -2.17. The van der Waals surface area contributed by atoms with Gasteiger partial charge in [-0.05, 0) is 26.9 Å². The highest BCUT2D eigenvalue weighted by atomic mass is 32.2. The number of nitrogens with two attached hydrogens (primary N) is 1. The number of likely N-dealkylation sites (N-methyl/N-ethyl adjacent to an activating group) is 1. The second-order valence-electron chi connectivity index (χ2n) is 5.52. The minimum atomic E-state index is -3.61. The molecule has 3 N–H and O–H groups in total. The molecule has 0 amide bonds. The lowest BCUT2D eigenvalue weighted by atomic mass is 10.1. The van der Waals surface area contributed by atoms with Crippen molar-refractivity contribution in [2.24, 2.45) is 5.92 Å². The zero-order valence-electron chi connectivity index (χ0n) is 12.8. The van der Waals surface area contributed by atoms with Crippen molar-refractivity contribution < 1.29 is 8.42 Å². The third-order valence-electron chi connectivity index (χ3n) is 3.29. The molecule has 0 aromatic carbocycles. The number of aromatic nitrogens is 2. The molecule has 0 bridgehead atoms. The number of anilines is 1. The zero-order chi connectivity index (χ0) is 15.5.